The molecule has 86 valence electrons. The van der Waals surface area contributed by atoms with E-state index >= 15 is 0 Å². The minimum atomic E-state index is 0.181. The Morgan fingerprint density at radius 2 is 1.75 bits per heavy atom. The van der Waals surface area contributed by atoms with E-state index < -0.39 is 0 Å². The molecule has 0 spiro atoms. The summed E-state index contributed by atoms with van der Waals surface area (Å²) >= 11 is 4.70. The fourth-order valence-corrected chi connectivity index (χ4v) is 1.60. The van der Waals surface area contributed by atoms with Crippen LogP contribution in [0.5, 0.6) is 0 Å². The van der Waals surface area contributed by atoms with Crippen LogP contribution in [-0.4, -0.2) is 10.8 Å². The van der Waals surface area contributed by atoms with Gasteiger partial charge in [0.05, 0.1) is 5.71 Å². The molecule has 0 aliphatic heterocycles. The van der Waals surface area contributed by atoms with Gasteiger partial charge < -0.3 is 5.73 Å². The highest BCUT2D eigenvalue weighted by Crippen LogP contribution is 2.15. The minimum Gasteiger partial charge on any atom is -0.375 e. The second-order valence-corrected chi connectivity index (χ2v) is 4.36. The summed E-state index contributed by atoms with van der Waals surface area (Å²) in [6, 6.07) is 4.29. The Hall–Kier alpha value is -1.42. The highest BCUT2D eigenvalue weighted by Gasteiger charge is 2.04. The second-order valence-electron chi connectivity index (χ2n) is 3.92. The van der Waals surface area contributed by atoms with Crippen LogP contribution < -0.4 is 11.2 Å². The van der Waals surface area contributed by atoms with Crippen molar-refractivity contribution in [1.29, 1.82) is 0 Å². The van der Waals surface area contributed by atoms with Gasteiger partial charge in [-0.2, -0.15) is 5.10 Å². The lowest BCUT2D eigenvalue weighted by Crippen LogP contribution is -2.25. The standard InChI is InChI=1S/C12H17N3S/c1-7-5-9(3)11(6-8(7)2)10(4)14-15-12(13)16/h5-6H,1-4H3,(H3,13,15,16)/b14-10+. The van der Waals surface area contributed by atoms with Gasteiger partial charge in [-0.1, -0.05) is 6.07 Å². The molecule has 3 nitrogen and oxygen atoms in total. The van der Waals surface area contributed by atoms with E-state index in [2.05, 4.69) is 43.4 Å². The fraction of sp³-hybridized carbons (Fsp3) is 0.333. The predicted molar refractivity (Wildman–Crippen MR) is 72.8 cm³/mol. The molecule has 0 saturated heterocycles. The molecule has 0 fully saturated rings. The summed E-state index contributed by atoms with van der Waals surface area (Å²) in [5.41, 5.74) is 13.7. The average molecular weight is 235 g/mol. The Balaban J connectivity index is 3.08. The van der Waals surface area contributed by atoms with Gasteiger partial charge in [-0.15, -0.1) is 0 Å². The molecule has 0 saturated carbocycles. The van der Waals surface area contributed by atoms with Crippen LogP contribution in [0.3, 0.4) is 0 Å². The number of hydrogen-bond donors (Lipinski definition) is 2. The molecule has 16 heavy (non-hydrogen) atoms. The van der Waals surface area contributed by atoms with E-state index in [4.69, 9.17) is 18.0 Å². The van der Waals surface area contributed by atoms with E-state index in [0.29, 0.717) is 0 Å². The average Bonchev–Trinajstić information content (AvgIpc) is 2.20. The molecular formula is C12H17N3S. The van der Waals surface area contributed by atoms with Crippen LogP contribution in [0.15, 0.2) is 17.2 Å². The Morgan fingerprint density at radius 1 is 1.19 bits per heavy atom. The number of nitrogens with one attached hydrogen (secondary N) is 1. The van der Waals surface area contributed by atoms with Crippen molar-refractivity contribution in [1.82, 2.24) is 5.43 Å². The minimum absolute atomic E-state index is 0.181. The molecular weight excluding hydrogens is 218 g/mol. The largest absolute Gasteiger partial charge is 0.375 e. The maximum absolute atomic E-state index is 5.32. The van der Waals surface area contributed by atoms with E-state index in [0.717, 1.165) is 11.3 Å². The zero-order valence-electron chi connectivity index (χ0n) is 10.1. The lowest BCUT2D eigenvalue weighted by Gasteiger charge is -2.09. The summed E-state index contributed by atoms with van der Waals surface area (Å²) in [4.78, 5) is 0. The predicted octanol–water partition coefficient (Wildman–Crippen LogP) is 2.17. The number of nitrogens with zero attached hydrogens (tertiary/aromatic N) is 1. The van der Waals surface area contributed by atoms with Crippen LogP contribution in [0.2, 0.25) is 0 Å². The number of rotatable bonds is 2. The second kappa shape index (κ2) is 5.07. The first-order valence-electron chi connectivity index (χ1n) is 5.09. The molecule has 4 heteroatoms. The Labute approximate surface area is 102 Å². The van der Waals surface area contributed by atoms with Crippen molar-refractivity contribution >= 4 is 23.0 Å². The summed E-state index contributed by atoms with van der Waals surface area (Å²) in [6.07, 6.45) is 0. The van der Waals surface area contributed by atoms with Gasteiger partial charge in [-0.25, -0.2) is 0 Å². The summed E-state index contributed by atoms with van der Waals surface area (Å²) in [7, 11) is 0. The molecule has 0 aliphatic rings. The molecule has 0 atom stereocenters. The van der Waals surface area contributed by atoms with Crippen molar-refractivity contribution < 1.29 is 0 Å². The number of hydrazone groups is 1. The zero-order chi connectivity index (χ0) is 12.3. The molecule has 0 bridgehead atoms. The van der Waals surface area contributed by atoms with Crippen molar-refractivity contribution in [2.24, 2.45) is 10.8 Å². The normalized spacial score (nSPS) is 11.4. The summed E-state index contributed by atoms with van der Waals surface area (Å²) in [5.74, 6) is 0. The van der Waals surface area contributed by atoms with E-state index in [-0.39, 0.29) is 5.11 Å². The highest BCUT2D eigenvalue weighted by molar-refractivity contribution is 7.80. The van der Waals surface area contributed by atoms with E-state index in [9.17, 15) is 0 Å². The third-order valence-corrected chi connectivity index (χ3v) is 2.66. The first kappa shape index (κ1) is 12.6. The van der Waals surface area contributed by atoms with Gasteiger partial charge >= 0.3 is 0 Å². The molecule has 1 aromatic carbocycles. The van der Waals surface area contributed by atoms with Gasteiger partial charge in [-0.3, -0.25) is 5.43 Å². The van der Waals surface area contributed by atoms with Gasteiger partial charge in [0.15, 0.2) is 5.11 Å². The molecule has 0 unspecified atom stereocenters. The van der Waals surface area contributed by atoms with Crippen LogP contribution in [0.1, 0.15) is 29.2 Å². The number of benzene rings is 1. The summed E-state index contributed by atoms with van der Waals surface area (Å²) in [5, 5.41) is 4.31. The van der Waals surface area contributed by atoms with Crippen molar-refractivity contribution in [3.63, 3.8) is 0 Å². The molecule has 0 amide bonds. The Morgan fingerprint density at radius 3 is 2.31 bits per heavy atom. The van der Waals surface area contributed by atoms with E-state index in [1.54, 1.807) is 0 Å². The van der Waals surface area contributed by atoms with Crippen LogP contribution in [-0.2, 0) is 0 Å². The molecule has 0 aromatic heterocycles. The fourth-order valence-electron chi connectivity index (χ4n) is 1.55. The number of aryl methyl sites for hydroxylation is 3. The number of hydrogen-bond acceptors (Lipinski definition) is 2. The van der Waals surface area contributed by atoms with Crippen LogP contribution >= 0.6 is 12.2 Å². The third-order valence-electron chi connectivity index (χ3n) is 2.56. The summed E-state index contributed by atoms with van der Waals surface area (Å²) < 4.78 is 0. The van der Waals surface area contributed by atoms with E-state index in [1.165, 1.54) is 16.7 Å². The third kappa shape index (κ3) is 3.03. The van der Waals surface area contributed by atoms with E-state index in [1.807, 2.05) is 6.92 Å². The van der Waals surface area contributed by atoms with Gasteiger partial charge in [0.1, 0.15) is 0 Å². The quantitative estimate of drug-likeness (QED) is 0.469. The highest BCUT2D eigenvalue weighted by atomic mass is 32.1. The van der Waals surface area contributed by atoms with Gasteiger partial charge in [0.25, 0.3) is 0 Å². The van der Waals surface area contributed by atoms with Crippen LogP contribution in [0, 0.1) is 20.8 Å². The topological polar surface area (TPSA) is 50.4 Å². The van der Waals surface area contributed by atoms with Crippen LogP contribution in [0.25, 0.3) is 0 Å². The Bertz CT molecular complexity index is 450. The SMILES string of the molecule is C/C(=N\NC(N)=S)c1cc(C)c(C)cc1C. The first-order valence-corrected chi connectivity index (χ1v) is 5.50. The van der Waals surface area contributed by atoms with Gasteiger partial charge in [0.2, 0.25) is 0 Å². The van der Waals surface area contributed by atoms with Gasteiger partial charge in [-0.05, 0) is 62.7 Å². The van der Waals surface area contributed by atoms with Crippen molar-refractivity contribution in [2.75, 3.05) is 0 Å². The first-order chi connectivity index (χ1) is 7.41. The number of thiocarbonyl (C=S) groups is 1. The van der Waals surface area contributed by atoms with Gasteiger partial charge in [0, 0.05) is 5.56 Å². The summed E-state index contributed by atoms with van der Waals surface area (Å²) in [6.45, 7) is 8.20. The smallest absolute Gasteiger partial charge is 0.184 e. The van der Waals surface area contributed by atoms with Crippen molar-refractivity contribution in [3.05, 3.63) is 34.4 Å². The van der Waals surface area contributed by atoms with Crippen LogP contribution in [0.4, 0.5) is 0 Å². The molecule has 0 heterocycles. The lowest BCUT2D eigenvalue weighted by molar-refractivity contribution is 1.03. The van der Waals surface area contributed by atoms with Crippen molar-refractivity contribution in [3.8, 4) is 0 Å². The maximum atomic E-state index is 5.32. The monoisotopic (exact) mass is 235 g/mol. The molecule has 0 radical (unpaired) electrons. The zero-order valence-corrected chi connectivity index (χ0v) is 10.9. The van der Waals surface area contributed by atoms with Crippen molar-refractivity contribution in [2.45, 2.75) is 27.7 Å². The lowest BCUT2D eigenvalue weighted by atomic mass is 9.98. The molecule has 1 aromatic rings. The number of nitrogens with two attached hydrogens (primary N) is 1. The Kier molecular flexibility index (Phi) is 4.01. The molecule has 1 rings (SSSR count). The molecule has 0 aliphatic carbocycles. The molecule has 3 N–H and O–H groups in total. The maximum Gasteiger partial charge on any atom is 0.184 e.